The molecule has 0 fully saturated rings. The molecule has 1 atom stereocenters. The molecule has 2 nitrogen and oxygen atoms in total. The van der Waals surface area contributed by atoms with Gasteiger partial charge in [-0.2, -0.15) is 0 Å². The average Bonchev–Trinajstić information content (AvgIpc) is 2.37. The highest BCUT2D eigenvalue weighted by Gasteiger charge is 2.24. The predicted molar refractivity (Wildman–Crippen MR) is 90.8 cm³/mol. The molecular weight excluding hydrogens is 305 g/mol. The summed E-state index contributed by atoms with van der Waals surface area (Å²) in [5, 5.41) is 1.07. The fourth-order valence-corrected chi connectivity index (χ4v) is 2.42. The molecule has 0 saturated heterocycles. The van der Waals surface area contributed by atoms with Crippen LogP contribution in [0.25, 0.3) is 0 Å². The van der Waals surface area contributed by atoms with Crippen molar-refractivity contribution in [3.8, 4) is 0 Å². The number of nitrogens with zero attached hydrogens (tertiary/aromatic N) is 1. The fraction of sp³-hybridized carbons (Fsp3) is 0.588. The summed E-state index contributed by atoms with van der Waals surface area (Å²) in [7, 11) is 0. The molecule has 21 heavy (non-hydrogen) atoms. The topological polar surface area (TPSA) is 20.3 Å². The lowest BCUT2D eigenvalue weighted by Crippen LogP contribution is -2.39. The normalized spacial score (nSPS) is 13.1. The van der Waals surface area contributed by atoms with Gasteiger partial charge in [0, 0.05) is 19.0 Å². The number of hydrogen-bond acceptors (Lipinski definition) is 1. The van der Waals surface area contributed by atoms with Crippen molar-refractivity contribution in [3.05, 3.63) is 33.8 Å². The molecule has 118 valence electrons. The quantitative estimate of drug-likeness (QED) is 0.692. The van der Waals surface area contributed by atoms with Crippen molar-refractivity contribution in [3.63, 3.8) is 0 Å². The van der Waals surface area contributed by atoms with Crippen LogP contribution in [0.1, 0.15) is 53.0 Å². The number of halogens is 2. The summed E-state index contributed by atoms with van der Waals surface area (Å²) in [5.74, 6) is 0.183. The van der Waals surface area contributed by atoms with Gasteiger partial charge in [0.15, 0.2) is 0 Å². The van der Waals surface area contributed by atoms with Gasteiger partial charge < -0.3 is 4.90 Å². The third kappa shape index (κ3) is 5.88. The molecule has 1 rings (SSSR count). The van der Waals surface area contributed by atoms with Gasteiger partial charge in [-0.15, -0.1) is 0 Å². The first-order valence-electron chi connectivity index (χ1n) is 7.37. The van der Waals surface area contributed by atoms with Gasteiger partial charge in [-0.25, -0.2) is 0 Å². The first-order chi connectivity index (χ1) is 9.64. The standard InChI is InChI=1S/C17H25Cl2NO/c1-6-12(2)20(16(21)10-17(3,4)5)11-13-7-8-14(18)15(19)9-13/h7-9,12H,6,10-11H2,1-5H3. The van der Waals surface area contributed by atoms with E-state index < -0.39 is 0 Å². The molecule has 0 aliphatic rings. The van der Waals surface area contributed by atoms with E-state index in [1.807, 2.05) is 17.0 Å². The van der Waals surface area contributed by atoms with Gasteiger partial charge in [0.25, 0.3) is 0 Å². The highest BCUT2D eigenvalue weighted by Crippen LogP contribution is 2.26. The summed E-state index contributed by atoms with van der Waals surface area (Å²) in [6.45, 7) is 11.0. The van der Waals surface area contributed by atoms with E-state index in [9.17, 15) is 4.79 Å². The van der Waals surface area contributed by atoms with Crippen molar-refractivity contribution in [2.24, 2.45) is 5.41 Å². The Kier molecular flexibility index (Phi) is 6.55. The van der Waals surface area contributed by atoms with E-state index in [-0.39, 0.29) is 17.4 Å². The molecule has 0 aromatic heterocycles. The minimum atomic E-state index is -0.0135. The summed E-state index contributed by atoms with van der Waals surface area (Å²) in [5.41, 5.74) is 0.993. The van der Waals surface area contributed by atoms with Crippen LogP contribution >= 0.6 is 23.2 Å². The number of carbonyl (C=O) groups excluding carboxylic acids is 1. The van der Waals surface area contributed by atoms with Crippen molar-refractivity contribution in [1.29, 1.82) is 0 Å². The van der Waals surface area contributed by atoms with Crippen molar-refractivity contribution in [2.75, 3.05) is 0 Å². The highest BCUT2D eigenvalue weighted by molar-refractivity contribution is 6.42. The third-order valence-corrected chi connectivity index (χ3v) is 4.20. The van der Waals surface area contributed by atoms with Crippen LogP contribution < -0.4 is 0 Å². The van der Waals surface area contributed by atoms with E-state index in [2.05, 4.69) is 34.6 Å². The number of benzene rings is 1. The molecule has 1 amide bonds. The molecule has 0 aliphatic carbocycles. The Bertz CT molecular complexity index is 494. The minimum absolute atomic E-state index is 0.0135. The number of amides is 1. The molecule has 1 aromatic rings. The Hall–Kier alpha value is -0.730. The molecule has 1 aromatic carbocycles. The molecule has 0 saturated carbocycles. The van der Waals surface area contributed by atoms with Crippen LogP contribution in [0.2, 0.25) is 10.0 Å². The zero-order valence-electron chi connectivity index (χ0n) is 13.5. The van der Waals surface area contributed by atoms with E-state index in [0.717, 1.165) is 12.0 Å². The second-order valence-electron chi connectivity index (χ2n) is 6.76. The van der Waals surface area contributed by atoms with Crippen molar-refractivity contribution < 1.29 is 4.79 Å². The Morgan fingerprint density at radius 1 is 1.24 bits per heavy atom. The number of rotatable bonds is 5. The first kappa shape index (κ1) is 18.3. The summed E-state index contributed by atoms with van der Waals surface area (Å²) in [6.07, 6.45) is 1.47. The molecular formula is C17H25Cl2NO. The maximum atomic E-state index is 12.6. The lowest BCUT2D eigenvalue weighted by molar-refractivity contribution is -0.135. The van der Waals surface area contributed by atoms with Crippen LogP contribution in [-0.2, 0) is 11.3 Å². The van der Waals surface area contributed by atoms with Crippen LogP contribution in [0.5, 0.6) is 0 Å². The van der Waals surface area contributed by atoms with Crippen LogP contribution in [0, 0.1) is 5.41 Å². The van der Waals surface area contributed by atoms with E-state index in [4.69, 9.17) is 23.2 Å². The molecule has 0 heterocycles. The van der Waals surface area contributed by atoms with Gasteiger partial charge in [-0.1, -0.05) is 57.0 Å². The van der Waals surface area contributed by atoms with Crippen LogP contribution in [0.15, 0.2) is 18.2 Å². The number of hydrogen-bond donors (Lipinski definition) is 0. The molecule has 1 unspecified atom stereocenters. The molecule has 0 spiro atoms. The largest absolute Gasteiger partial charge is 0.336 e. The average molecular weight is 330 g/mol. The Labute approximate surface area is 138 Å². The monoisotopic (exact) mass is 329 g/mol. The molecule has 0 radical (unpaired) electrons. The van der Waals surface area contributed by atoms with E-state index in [0.29, 0.717) is 23.0 Å². The Morgan fingerprint density at radius 2 is 1.86 bits per heavy atom. The van der Waals surface area contributed by atoms with Gasteiger partial charge >= 0.3 is 0 Å². The maximum absolute atomic E-state index is 12.6. The summed E-state index contributed by atoms with van der Waals surface area (Å²) in [4.78, 5) is 14.5. The maximum Gasteiger partial charge on any atom is 0.223 e. The predicted octanol–water partition coefficient (Wildman–Crippen LogP) is 5.56. The zero-order valence-corrected chi connectivity index (χ0v) is 15.1. The smallest absolute Gasteiger partial charge is 0.223 e. The van der Waals surface area contributed by atoms with Crippen LogP contribution in [0.4, 0.5) is 0 Å². The van der Waals surface area contributed by atoms with Gasteiger partial charge in [-0.05, 0) is 36.5 Å². The second-order valence-corrected chi connectivity index (χ2v) is 7.58. The van der Waals surface area contributed by atoms with E-state index >= 15 is 0 Å². The van der Waals surface area contributed by atoms with Gasteiger partial charge in [0.1, 0.15) is 0 Å². The molecule has 0 aliphatic heterocycles. The zero-order chi connectivity index (χ0) is 16.2. The van der Waals surface area contributed by atoms with Crippen molar-refractivity contribution in [2.45, 2.75) is 60.0 Å². The molecule has 4 heteroatoms. The van der Waals surface area contributed by atoms with Crippen molar-refractivity contribution in [1.82, 2.24) is 4.90 Å². The van der Waals surface area contributed by atoms with Gasteiger partial charge in [0.2, 0.25) is 5.91 Å². The highest BCUT2D eigenvalue weighted by atomic mass is 35.5. The fourth-order valence-electron chi connectivity index (χ4n) is 2.10. The SMILES string of the molecule is CCC(C)N(Cc1ccc(Cl)c(Cl)c1)C(=O)CC(C)(C)C. The Balaban J connectivity index is 2.92. The van der Waals surface area contributed by atoms with E-state index in [1.165, 1.54) is 0 Å². The Morgan fingerprint density at radius 3 is 2.33 bits per heavy atom. The van der Waals surface area contributed by atoms with E-state index in [1.54, 1.807) is 6.07 Å². The lowest BCUT2D eigenvalue weighted by Gasteiger charge is -2.31. The second kappa shape index (κ2) is 7.51. The summed E-state index contributed by atoms with van der Waals surface area (Å²) >= 11 is 12.0. The van der Waals surface area contributed by atoms with Crippen LogP contribution in [-0.4, -0.2) is 16.8 Å². The van der Waals surface area contributed by atoms with Gasteiger partial charge in [-0.3, -0.25) is 4.79 Å². The first-order valence-corrected chi connectivity index (χ1v) is 8.13. The third-order valence-electron chi connectivity index (χ3n) is 3.46. The molecule has 0 bridgehead atoms. The summed E-state index contributed by atoms with van der Waals surface area (Å²) in [6, 6.07) is 5.74. The van der Waals surface area contributed by atoms with Crippen LogP contribution in [0.3, 0.4) is 0 Å². The minimum Gasteiger partial charge on any atom is -0.336 e. The summed E-state index contributed by atoms with van der Waals surface area (Å²) < 4.78 is 0. The lowest BCUT2D eigenvalue weighted by atomic mass is 9.91. The molecule has 0 N–H and O–H groups in total. The van der Waals surface area contributed by atoms with Crippen molar-refractivity contribution >= 4 is 29.1 Å². The number of carbonyl (C=O) groups is 1. The van der Waals surface area contributed by atoms with Gasteiger partial charge in [0.05, 0.1) is 10.0 Å².